The lowest BCUT2D eigenvalue weighted by Crippen LogP contribution is -2.05. The van der Waals surface area contributed by atoms with E-state index in [1.807, 2.05) is 11.3 Å². The van der Waals surface area contributed by atoms with Crippen LogP contribution in [-0.2, 0) is 22.4 Å². The van der Waals surface area contributed by atoms with Crippen molar-refractivity contribution in [3.05, 3.63) is 65.7 Å². The number of hydrogen-bond donors (Lipinski definition) is 0. The average molecular weight is 563 g/mol. The van der Waals surface area contributed by atoms with Crippen LogP contribution in [-0.4, -0.2) is 19.7 Å². The fourth-order valence-electron chi connectivity index (χ4n) is 5.17. The molecule has 0 aliphatic heterocycles. The summed E-state index contributed by atoms with van der Waals surface area (Å²) >= 11 is 1.88. The number of methoxy groups -OCH3 is 1. The molecular formula is C36H50O3S. The Hall–Kier alpha value is -2.59. The zero-order valence-corrected chi connectivity index (χ0v) is 26.0. The van der Waals surface area contributed by atoms with E-state index in [-0.39, 0.29) is 5.97 Å². The molecule has 3 nitrogen and oxygen atoms in total. The topological polar surface area (TPSA) is 35.5 Å². The highest BCUT2D eigenvalue weighted by molar-refractivity contribution is 7.22. The number of fused-ring (bicyclic) bond motifs is 1. The van der Waals surface area contributed by atoms with E-state index in [1.165, 1.54) is 102 Å². The van der Waals surface area contributed by atoms with Crippen molar-refractivity contribution >= 4 is 27.4 Å². The molecule has 0 spiro atoms. The third-order valence-corrected chi connectivity index (χ3v) is 8.76. The summed E-state index contributed by atoms with van der Waals surface area (Å²) < 4.78 is 12.3. The van der Waals surface area contributed by atoms with Gasteiger partial charge in [0.25, 0.3) is 0 Å². The van der Waals surface area contributed by atoms with Gasteiger partial charge in [-0.05, 0) is 79.8 Å². The Morgan fingerprint density at radius 1 is 0.775 bits per heavy atom. The molecule has 0 saturated carbocycles. The highest BCUT2D eigenvalue weighted by Gasteiger charge is 2.11. The van der Waals surface area contributed by atoms with E-state index in [1.54, 1.807) is 14.0 Å². The summed E-state index contributed by atoms with van der Waals surface area (Å²) in [5.41, 5.74) is 4.50. The second-order valence-electron chi connectivity index (χ2n) is 11.2. The molecule has 0 bridgehead atoms. The van der Waals surface area contributed by atoms with Crippen LogP contribution in [0.1, 0.15) is 108 Å². The van der Waals surface area contributed by atoms with Crippen LogP contribution in [0.5, 0.6) is 5.75 Å². The van der Waals surface area contributed by atoms with Crippen LogP contribution in [0.3, 0.4) is 0 Å². The number of carbonyl (C=O) groups excluding carboxylic acids is 1. The molecule has 1 aromatic heterocycles. The second kappa shape index (κ2) is 18.0. The van der Waals surface area contributed by atoms with Gasteiger partial charge in [0, 0.05) is 20.7 Å². The van der Waals surface area contributed by atoms with E-state index in [2.05, 4.69) is 56.0 Å². The van der Waals surface area contributed by atoms with Gasteiger partial charge in [-0.25, -0.2) is 4.79 Å². The Kier molecular flexibility index (Phi) is 14.3. The Bertz CT molecular complexity index is 1190. The lowest BCUT2D eigenvalue weighted by Gasteiger charge is -2.09. The number of thiophene rings is 1. The smallest absolute Gasteiger partial charge is 0.333 e. The first-order valence-corrected chi connectivity index (χ1v) is 16.4. The lowest BCUT2D eigenvalue weighted by atomic mass is 10.0. The summed E-state index contributed by atoms with van der Waals surface area (Å²) in [5, 5.41) is 1.32. The van der Waals surface area contributed by atoms with Crippen molar-refractivity contribution in [2.75, 3.05) is 13.7 Å². The number of ether oxygens (including phenoxy) is 2. The summed E-state index contributed by atoms with van der Waals surface area (Å²) in [6.07, 6.45) is 18.5. The molecule has 0 amide bonds. The minimum Gasteiger partial charge on any atom is -0.496 e. The molecule has 0 atom stereocenters. The van der Waals surface area contributed by atoms with Gasteiger partial charge in [-0.1, -0.05) is 95.9 Å². The molecule has 0 fully saturated rings. The third-order valence-electron chi connectivity index (χ3n) is 7.63. The van der Waals surface area contributed by atoms with Crippen LogP contribution in [0, 0.1) is 0 Å². The molecule has 0 radical (unpaired) electrons. The predicted octanol–water partition coefficient (Wildman–Crippen LogP) is 10.9. The van der Waals surface area contributed by atoms with Crippen LogP contribution in [0.15, 0.2) is 54.6 Å². The lowest BCUT2D eigenvalue weighted by molar-refractivity contribution is -0.139. The van der Waals surface area contributed by atoms with Gasteiger partial charge in [0.05, 0.1) is 13.7 Å². The average Bonchev–Trinajstić information content (AvgIpc) is 3.38. The zero-order valence-electron chi connectivity index (χ0n) is 25.2. The molecule has 1 heterocycles. The first kappa shape index (κ1) is 31.9. The Labute approximate surface area is 247 Å². The van der Waals surface area contributed by atoms with Gasteiger partial charge in [0.1, 0.15) is 5.75 Å². The maximum atomic E-state index is 11.3. The standard InChI is InChI=1S/C36H50O3S/c1-5-6-15-18-29-21-23-32(33(25-29)38-4)35-27-31-22-20-30(26-34(31)40-35)19-16-13-11-9-7-8-10-12-14-17-24-39-36(37)28(2)3/h20-23,25-27H,2,5-19,24H2,1,3-4H3. The summed E-state index contributed by atoms with van der Waals surface area (Å²) in [5.74, 6) is 0.721. The van der Waals surface area contributed by atoms with Crippen LogP contribution in [0.25, 0.3) is 20.5 Å². The number of benzene rings is 2. The van der Waals surface area contributed by atoms with Crippen molar-refractivity contribution in [3.8, 4) is 16.2 Å². The highest BCUT2D eigenvalue weighted by atomic mass is 32.1. The van der Waals surface area contributed by atoms with E-state index in [9.17, 15) is 4.79 Å². The molecule has 40 heavy (non-hydrogen) atoms. The normalized spacial score (nSPS) is 11.2. The largest absolute Gasteiger partial charge is 0.496 e. The van der Waals surface area contributed by atoms with Crippen LogP contribution in [0.4, 0.5) is 0 Å². The Morgan fingerprint density at radius 3 is 2.02 bits per heavy atom. The molecule has 218 valence electrons. The molecule has 0 aliphatic rings. The van der Waals surface area contributed by atoms with Crippen molar-refractivity contribution in [3.63, 3.8) is 0 Å². The molecule has 0 unspecified atom stereocenters. The van der Waals surface area contributed by atoms with Crippen molar-refractivity contribution < 1.29 is 14.3 Å². The molecule has 3 aromatic rings. The highest BCUT2D eigenvalue weighted by Crippen LogP contribution is 2.39. The molecule has 2 aromatic carbocycles. The summed E-state index contributed by atoms with van der Waals surface area (Å²) in [6.45, 7) is 8.07. The van der Waals surface area contributed by atoms with Gasteiger partial charge in [0.15, 0.2) is 0 Å². The number of carbonyl (C=O) groups is 1. The Morgan fingerprint density at radius 2 is 1.38 bits per heavy atom. The molecule has 0 aliphatic carbocycles. The van der Waals surface area contributed by atoms with Crippen LogP contribution < -0.4 is 4.74 Å². The first-order chi connectivity index (χ1) is 19.5. The molecular weight excluding hydrogens is 512 g/mol. The first-order valence-electron chi connectivity index (χ1n) is 15.5. The van der Waals surface area contributed by atoms with Crippen LogP contribution >= 0.6 is 11.3 Å². The van der Waals surface area contributed by atoms with Gasteiger partial charge >= 0.3 is 5.97 Å². The van der Waals surface area contributed by atoms with Gasteiger partial charge in [-0.3, -0.25) is 0 Å². The molecule has 3 rings (SSSR count). The predicted molar refractivity (Wildman–Crippen MR) is 173 cm³/mol. The van der Waals surface area contributed by atoms with Gasteiger partial charge < -0.3 is 9.47 Å². The van der Waals surface area contributed by atoms with Gasteiger partial charge in [-0.2, -0.15) is 0 Å². The van der Waals surface area contributed by atoms with Crippen molar-refractivity contribution in [1.82, 2.24) is 0 Å². The summed E-state index contributed by atoms with van der Waals surface area (Å²) in [7, 11) is 1.79. The maximum Gasteiger partial charge on any atom is 0.333 e. The number of aryl methyl sites for hydroxylation is 2. The number of esters is 1. The van der Waals surface area contributed by atoms with E-state index in [4.69, 9.17) is 9.47 Å². The monoisotopic (exact) mass is 562 g/mol. The number of hydrogen-bond acceptors (Lipinski definition) is 4. The van der Waals surface area contributed by atoms with Gasteiger partial charge in [0.2, 0.25) is 0 Å². The van der Waals surface area contributed by atoms with Crippen molar-refractivity contribution in [2.45, 2.75) is 110 Å². The fraction of sp³-hybridized carbons (Fsp3) is 0.528. The SMILES string of the molecule is C=C(C)C(=O)OCCCCCCCCCCCCc1ccc2cc(-c3ccc(CCCCC)cc3OC)sc2c1. The van der Waals surface area contributed by atoms with E-state index >= 15 is 0 Å². The molecule has 0 saturated heterocycles. The summed E-state index contributed by atoms with van der Waals surface area (Å²) in [4.78, 5) is 12.6. The quantitative estimate of drug-likeness (QED) is 0.0780. The number of unbranched alkanes of at least 4 members (excludes halogenated alkanes) is 11. The van der Waals surface area contributed by atoms with Crippen molar-refractivity contribution in [2.24, 2.45) is 0 Å². The van der Waals surface area contributed by atoms with E-state index in [0.29, 0.717) is 12.2 Å². The summed E-state index contributed by atoms with van der Waals surface area (Å²) in [6, 6.07) is 16.1. The van der Waals surface area contributed by atoms with E-state index < -0.39 is 0 Å². The van der Waals surface area contributed by atoms with Crippen LogP contribution in [0.2, 0.25) is 0 Å². The van der Waals surface area contributed by atoms with Crippen molar-refractivity contribution in [1.29, 1.82) is 0 Å². The molecule has 4 heteroatoms. The third kappa shape index (κ3) is 10.8. The van der Waals surface area contributed by atoms with Gasteiger partial charge in [-0.15, -0.1) is 11.3 Å². The minimum absolute atomic E-state index is 0.267. The fourth-order valence-corrected chi connectivity index (χ4v) is 6.33. The zero-order chi connectivity index (χ0) is 28.6. The second-order valence-corrected chi connectivity index (χ2v) is 12.3. The maximum absolute atomic E-state index is 11.3. The molecule has 0 N–H and O–H groups in total. The minimum atomic E-state index is -0.267. The van der Waals surface area contributed by atoms with E-state index in [0.717, 1.165) is 31.4 Å². The number of rotatable bonds is 20. The Balaban J connectivity index is 1.33.